The van der Waals surface area contributed by atoms with Crippen molar-refractivity contribution in [2.24, 2.45) is 0 Å². The maximum absolute atomic E-state index is 12.5. The van der Waals surface area contributed by atoms with Gasteiger partial charge in [0.2, 0.25) is 12.7 Å². The number of hydrogen-bond donors (Lipinski definition) is 1. The van der Waals surface area contributed by atoms with Gasteiger partial charge in [-0.3, -0.25) is 20.2 Å². The molecule has 29 heavy (non-hydrogen) atoms. The molecule has 10 nitrogen and oxygen atoms in total. The predicted octanol–water partition coefficient (Wildman–Crippen LogP) is 3.84. The molecule has 144 valence electrons. The van der Waals surface area contributed by atoms with E-state index in [0.29, 0.717) is 27.3 Å². The highest BCUT2D eigenvalue weighted by molar-refractivity contribution is 7.20. The van der Waals surface area contributed by atoms with Crippen LogP contribution in [0, 0.1) is 10.1 Å². The first-order valence-electron chi connectivity index (χ1n) is 8.30. The number of amides is 1. The van der Waals surface area contributed by atoms with Gasteiger partial charge in [0.1, 0.15) is 0 Å². The zero-order valence-electron chi connectivity index (χ0n) is 14.4. The number of nitrogens with zero attached hydrogens (tertiary/aromatic N) is 3. The quantitative estimate of drug-likeness (QED) is 0.397. The van der Waals surface area contributed by atoms with Gasteiger partial charge < -0.3 is 13.9 Å². The molecule has 2 aromatic heterocycles. The Morgan fingerprint density at radius 1 is 1.10 bits per heavy atom. The van der Waals surface area contributed by atoms with Gasteiger partial charge in [0.15, 0.2) is 11.5 Å². The van der Waals surface area contributed by atoms with Crippen molar-refractivity contribution in [1.29, 1.82) is 0 Å². The van der Waals surface area contributed by atoms with Gasteiger partial charge in [-0.15, -0.1) is 16.4 Å². The Labute approximate surface area is 165 Å². The third-order valence-corrected chi connectivity index (χ3v) is 5.31. The molecule has 1 amide bonds. The number of nitro benzene ring substituents is 1. The zero-order chi connectivity index (χ0) is 20.0. The van der Waals surface area contributed by atoms with Gasteiger partial charge in [-0.1, -0.05) is 5.10 Å². The van der Waals surface area contributed by atoms with Crippen molar-refractivity contribution in [2.75, 3.05) is 12.1 Å². The van der Waals surface area contributed by atoms with E-state index in [1.807, 2.05) is 0 Å². The van der Waals surface area contributed by atoms with E-state index in [2.05, 4.69) is 15.5 Å². The number of carbonyl (C=O) groups is 1. The monoisotopic (exact) mass is 410 g/mol. The first-order valence-corrected chi connectivity index (χ1v) is 9.11. The number of carbonyl (C=O) groups excluding carboxylic acids is 1. The molecule has 0 saturated carbocycles. The van der Waals surface area contributed by atoms with Gasteiger partial charge in [0.05, 0.1) is 9.80 Å². The van der Waals surface area contributed by atoms with Crippen LogP contribution in [-0.4, -0.2) is 27.8 Å². The Kier molecular flexibility index (Phi) is 3.88. The van der Waals surface area contributed by atoms with Crippen molar-refractivity contribution in [2.45, 2.75) is 0 Å². The van der Waals surface area contributed by atoms with Crippen molar-refractivity contribution in [3.8, 4) is 23.0 Å². The summed E-state index contributed by atoms with van der Waals surface area (Å²) in [6.07, 6.45) is 0. The minimum Gasteiger partial charge on any atom is -0.454 e. The van der Waals surface area contributed by atoms with Gasteiger partial charge >= 0.3 is 6.01 Å². The summed E-state index contributed by atoms with van der Waals surface area (Å²) in [5.74, 6) is 0.970. The second-order valence-corrected chi connectivity index (χ2v) is 7.11. The van der Waals surface area contributed by atoms with E-state index in [1.54, 1.807) is 30.3 Å². The average molecular weight is 410 g/mol. The highest BCUT2D eigenvalue weighted by Crippen LogP contribution is 2.36. The highest BCUT2D eigenvalue weighted by Gasteiger charge is 2.19. The van der Waals surface area contributed by atoms with Gasteiger partial charge in [0, 0.05) is 27.8 Å². The standard InChI is InChI=1S/C18H10N4O6S/c23-16(15-7-10-5-11(22(24)25)2-4-14(10)29-15)19-18-21-20-17(28-18)9-1-3-12-13(6-9)27-8-26-12/h1-7H,8H2,(H,19,21,23). The molecule has 0 fully saturated rings. The lowest BCUT2D eigenvalue weighted by molar-refractivity contribution is -0.384. The van der Waals surface area contributed by atoms with E-state index < -0.39 is 10.8 Å². The normalized spacial score (nSPS) is 12.3. The number of fused-ring (bicyclic) bond motifs is 2. The van der Waals surface area contributed by atoms with Crippen LogP contribution in [0.4, 0.5) is 11.7 Å². The molecule has 2 aromatic carbocycles. The largest absolute Gasteiger partial charge is 0.454 e. The number of ether oxygens (including phenoxy) is 2. The van der Waals surface area contributed by atoms with E-state index in [-0.39, 0.29) is 24.4 Å². The zero-order valence-corrected chi connectivity index (χ0v) is 15.3. The first kappa shape index (κ1) is 17.1. The number of anilines is 1. The number of rotatable bonds is 4. The fourth-order valence-electron chi connectivity index (χ4n) is 2.83. The molecule has 11 heteroatoms. The van der Waals surface area contributed by atoms with E-state index in [1.165, 1.54) is 23.5 Å². The van der Waals surface area contributed by atoms with Crippen molar-refractivity contribution in [3.63, 3.8) is 0 Å². The smallest absolute Gasteiger partial charge is 0.322 e. The Morgan fingerprint density at radius 3 is 2.83 bits per heavy atom. The molecule has 3 heterocycles. The molecule has 1 aliphatic heterocycles. The van der Waals surface area contributed by atoms with Crippen LogP contribution in [0.15, 0.2) is 46.9 Å². The summed E-state index contributed by atoms with van der Waals surface area (Å²) in [6.45, 7) is 0.155. The summed E-state index contributed by atoms with van der Waals surface area (Å²) in [4.78, 5) is 23.3. The van der Waals surface area contributed by atoms with Crippen LogP contribution in [0.1, 0.15) is 9.67 Å². The van der Waals surface area contributed by atoms with Crippen LogP contribution in [0.3, 0.4) is 0 Å². The second kappa shape index (κ2) is 6.56. The van der Waals surface area contributed by atoms with Crippen molar-refractivity contribution in [1.82, 2.24) is 10.2 Å². The molecule has 0 bridgehead atoms. The van der Waals surface area contributed by atoms with Crippen LogP contribution >= 0.6 is 11.3 Å². The minimum absolute atomic E-state index is 0.0347. The topological polar surface area (TPSA) is 130 Å². The predicted molar refractivity (Wildman–Crippen MR) is 102 cm³/mol. The van der Waals surface area contributed by atoms with Crippen molar-refractivity contribution in [3.05, 3.63) is 57.5 Å². The molecule has 0 aliphatic carbocycles. The Balaban J connectivity index is 1.36. The summed E-state index contributed by atoms with van der Waals surface area (Å²) >= 11 is 1.21. The molecule has 0 spiro atoms. The molecule has 4 aromatic rings. The van der Waals surface area contributed by atoms with Crippen LogP contribution in [-0.2, 0) is 0 Å². The maximum Gasteiger partial charge on any atom is 0.322 e. The summed E-state index contributed by atoms with van der Waals surface area (Å²) in [6, 6.07) is 11.1. The summed E-state index contributed by atoms with van der Waals surface area (Å²) < 4.78 is 16.8. The molecular formula is C18H10N4O6S. The summed E-state index contributed by atoms with van der Waals surface area (Å²) in [5.41, 5.74) is 0.587. The van der Waals surface area contributed by atoms with E-state index in [0.717, 1.165) is 4.70 Å². The Hall–Kier alpha value is -3.99. The number of thiophene rings is 1. The van der Waals surface area contributed by atoms with Crippen molar-refractivity contribution < 1.29 is 23.6 Å². The molecule has 0 atom stereocenters. The number of non-ortho nitro benzene ring substituents is 1. The SMILES string of the molecule is O=C(Nc1nnc(-c2ccc3c(c2)OCO3)o1)c1cc2cc([N+](=O)[O-])ccc2s1. The number of nitro groups is 1. The second-order valence-electron chi connectivity index (χ2n) is 6.02. The van der Waals surface area contributed by atoms with Gasteiger partial charge in [-0.2, -0.15) is 0 Å². The molecule has 0 saturated heterocycles. The fourth-order valence-corrected chi connectivity index (χ4v) is 3.77. The average Bonchev–Trinajstić information content (AvgIpc) is 3.45. The van der Waals surface area contributed by atoms with Gasteiger partial charge in [-0.05, 0) is 30.3 Å². The molecular weight excluding hydrogens is 400 g/mol. The molecule has 1 N–H and O–H groups in total. The van der Waals surface area contributed by atoms with Gasteiger partial charge in [-0.25, -0.2) is 0 Å². The van der Waals surface area contributed by atoms with E-state index in [9.17, 15) is 14.9 Å². The van der Waals surface area contributed by atoms with Crippen LogP contribution in [0.25, 0.3) is 21.5 Å². The minimum atomic E-state index is -0.479. The molecule has 0 radical (unpaired) electrons. The lowest BCUT2D eigenvalue weighted by Crippen LogP contribution is -2.10. The van der Waals surface area contributed by atoms with Crippen LogP contribution in [0.5, 0.6) is 11.5 Å². The summed E-state index contributed by atoms with van der Waals surface area (Å²) in [7, 11) is 0. The lowest BCUT2D eigenvalue weighted by atomic mass is 10.2. The van der Waals surface area contributed by atoms with Crippen LogP contribution in [0.2, 0.25) is 0 Å². The third kappa shape index (κ3) is 3.12. The third-order valence-electron chi connectivity index (χ3n) is 4.20. The Morgan fingerprint density at radius 2 is 1.97 bits per heavy atom. The number of benzene rings is 2. The van der Waals surface area contributed by atoms with E-state index in [4.69, 9.17) is 13.9 Å². The van der Waals surface area contributed by atoms with Crippen molar-refractivity contribution >= 4 is 39.0 Å². The molecule has 5 rings (SSSR count). The number of nitrogens with one attached hydrogen (secondary N) is 1. The Bertz CT molecular complexity index is 1280. The maximum atomic E-state index is 12.5. The highest BCUT2D eigenvalue weighted by atomic mass is 32.1. The summed E-state index contributed by atoms with van der Waals surface area (Å²) in [5, 5.41) is 21.8. The lowest BCUT2D eigenvalue weighted by Gasteiger charge is -1.98. The number of aromatic nitrogens is 2. The molecule has 0 unspecified atom stereocenters. The van der Waals surface area contributed by atoms with Crippen LogP contribution < -0.4 is 14.8 Å². The first-order chi connectivity index (χ1) is 14.1. The van der Waals surface area contributed by atoms with Gasteiger partial charge in [0.25, 0.3) is 11.6 Å². The number of hydrogen-bond acceptors (Lipinski definition) is 9. The van der Waals surface area contributed by atoms with E-state index >= 15 is 0 Å². The molecule has 1 aliphatic rings. The fraction of sp³-hybridized carbons (Fsp3) is 0.0556.